The number of hydrogen-bond donors (Lipinski definition) is 1. The van der Waals surface area contributed by atoms with Crippen molar-refractivity contribution in [3.63, 3.8) is 0 Å². The summed E-state index contributed by atoms with van der Waals surface area (Å²) in [5.41, 5.74) is 4.31. The summed E-state index contributed by atoms with van der Waals surface area (Å²) in [5, 5.41) is 9.97. The van der Waals surface area contributed by atoms with Crippen LogP contribution in [0.15, 0.2) is 36.4 Å². The van der Waals surface area contributed by atoms with Gasteiger partial charge < -0.3 is 5.11 Å². The van der Waals surface area contributed by atoms with Crippen molar-refractivity contribution in [1.29, 1.82) is 0 Å². The number of benzene rings is 2. The maximum atomic E-state index is 10.8. The van der Waals surface area contributed by atoms with Crippen molar-refractivity contribution in [1.82, 2.24) is 0 Å². The predicted molar refractivity (Wildman–Crippen MR) is 68.4 cm³/mol. The van der Waals surface area contributed by atoms with E-state index in [0.29, 0.717) is 17.4 Å². The van der Waals surface area contributed by atoms with Crippen molar-refractivity contribution in [2.45, 2.75) is 13.8 Å². The lowest BCUT2D eigenvalue weighted by Crippen LogP contribution is -1.87. The SMILES string of the molecule is Cc1ccc(-c2cccc(C=O)c2O)cc1C. The van der Waals surface area contributed by atoms with Gasteiger partial charge >= 0.3 is 0 Å². The molecule has 0 unspecified atom stereocenters. The summed E-state index contributed by atoms with van der Waals surface area (Å²) in [6.45, 7) is 4.07. The third-order valence-corrected chi connectivity index (χ3v) is 3.01. The monoisotopic (exact) mass is 226 g/mol. The summed E-state index contributed by atoms with van der Waals surface area (Å²) in [6, 6.07) is 11.2. The van der Waals surface area contributed by atoms with Crippen molar-refractivity contribution in [3.8, 4) is 16.9 Å². The Balaban J connectivity index is 2.60. The Morgan fingerprint density at radius 3 is 2.47 bits per heavy atom. The molecule has 0 aliphatic carbocycles. The summed E-state index contributed by atoms with van der Waals surface area (Å²) in [5.74, 6) is 0.0470. The zero-order valence-corrected chi connectivity index (χ0v) is 9.90. The maximum absolute atomic E-state index is 10.8. The highest BCUT2D eigenvalue weighted by atomic mass is 16.3. The number of phenolic OH excluding ortho intramolecular Hbond substituents is 1. The molecule has 2 aromatic rings. The van der Waals surface area contributed by atoms with Crippen LogP contribution in [-0.2, 0) is 0 Å². The van der Waals surface area contributed by atoms with Crippen molar-refractivity contribution in [3.05, 3.63) is 53.1 Å². The average Bonchev–Trinajstić information content (AvgIpc) is 2.33. The van der Waals surface area contributed by atoms with Crippen LogP contribution in [0, 0.1) is 13.8 Å². The van der Waals surface area contributed by atoms with Crippen LogP contribution in [0.3, 0.4) is 0 Å². The van der Waals surface area contributed by atoms with E-state index in [4.69, 9.17) is 0 Å². The van der Waals surface area contributed by atoms with Crippen LogP contribution in [-0.4, -0.2) is 11.4 Å². The quantitative estimate of drug-likeness (QED) is 0.796. The van der Waals surface area contributed by atoms with Crippen LogP contribution < -0.4 is 0 Å². The molecule has 0 bridgehead atoms. The molecule has 2 nitrogen and oxygen atoms in total. The van der Waals surface area contributed by atoms with Gasteiger partial charge in [-0.2, -0.15) is 0 Å². The molecule has 0 aliphatic rings. The van der Waals surface area contributed by atoms with Gasteiger partial charge in [-0.1, -0.05) is 30.3 Å². The van der Waals surface area contributed by atoms with Crippen LogP contribution in [0.2, 0.25) is 0 Å². The molecule has 0 aliphatic heterocycles. The maximum Gasteiger partial charge on any atom is 0.153 e. The smallest absolute Gasteiger partial charge is 0.153 e. The third-order valence-electron chi connectivity index (χ3n) is 3.01. The molecule has 0 aromatic heterocycles. The van der Waals surface area contributed by atoms with Crippen molar-refractivity contribution in [2.24, 2.45) is 0 Å². The molecule has 0 saturated heterocycles. The number of phenols is 1. The Kier molecular flexibility index (Phi) is 2.96. The first kappa shape index (κ1) is 11.4. The molecule has 0 radical (unpaired) electrons. The number of carbonyl (C=O) groups excluding carboxylic acids is 1. The zero-order chi connectivity index (χ0) is 12.4. The molecule has 2 aromatic carbocycles. The highest BCUT2D eigenvalue weighted by Gasteiger charge is 2.08. The minimum absolute atomic E-state index is 0.0470. The molecule has 0 amide bonds. The number of rotatable bonds is 2. The fourth-order valence-corrected chi connectivity index (χ4v) is 1.80. The summed E-state index contributed by atoms with van der Waals surface area (Å²) in [7, 11) is 0. The molecular weight excluding hydrogens is 212 g/mol. The zero-order valence-electron chi connectivity index (χ0n) is 9.90. The third kappa shape index (κ3) is 2.07. The van der Waals surface area contributed by atoms with E-state index in [2.05, 4.69) is 0 Å². The van der Waals surface area contributed by atoms with E-state index >= 15 is 0 Å². The fraction of sp³-hybridized carbons (Fsp3) is 0.133. The van der Waals surface area contributed by atoms with Crippen LogP contribution in [0.25, 0.3) is 11.1 Å². The van der Waals surface area contributed by atoms with E-state index in [1.165, 1.54) is 11.1 Å². The van der Waals surface area contributed by atoms with Gasteiger partial charge in [0.1, 0.15) is 5.75 Å². The van der Waals surface area contributed by atoms with Crippen molar-refractivity contribution >= 4 is 6.29 Å². The van der Waals surface area contributed by atoms with Crippen molar-refractivity contribution in [2.75, 3.05) is 0 Å². The lowest BCUT2D eigenvalue weighted by atomic mass is 9.98. The average molecular weight is 226 g/mol. The summed E-state index contributed by atoms with van der Waals surface area (Å²) < 4.78 is 0. The predicted octanol–water partition coefficient (Wildman–Crippen LogP) is 3.49. The minimum atomic E-state index is 0.0470. The molecule has 2 rings (SSSR count). The second-order valence-corrected chi connectivity index (χ2v) is 4.16. The summed E-state index contributed by atoms with van der Waals surface area (Å²) >= 11 is 0. The molecule has 0 atom stereocenters. The van der Waals surface area contributed by atoms with E-state index in [1.807, 2.05) is 38.1 Å². The van der Waals surface area contributed by atoms with E-state index in [9.17, 15) is 9.90 Å². The first-order valence-electron chi connectivity index (χ1n) is 5.48. The first-order valence-corrected chi connectivity index (χ1v) is 5.48. The summed E-state index contributed by atoms with van der Waals surface area (Å²) in [4.78, 5) is 10.8. The van der Waals surface area contributed by atoms with E-state index in [-0.39, 0.29) is 5.75 Å². The molecule has 17 heavy (non-hydrogen) atoms. The Hall–Kier alpha value is -2.09. The van der Waals surface area contributed by atoms with Gasteiger partial charge in [-0.15, -0.1) is 0 Å². The number of aromatic hydroxyl groups is 1. The van der Waals surface area contributed by atoms with Gasteiger partial charge in [-0.3, -0.25) is 4.79 Å². The lowest BCUT2D eigenvalue weighted by Gasteiger charge is -2.08. The molecule has 0 saturated carbocycles. The number of carbonyl (C=O) groups is 1. The molecule has 0 spiro atoms. The molecule has 2 heteroatoms. The van der Waals surface area contributed by atoms with Gasteiger partial charge in [0.05, 0.1) is 5.56 Å². The second kappa shape index (κ2) is 4.42. The second-order valence-electron chi connectivity index (χ2n) is 4.16. The van der Waals surface area contributed by atoms with Gasteiger partial charge in [-0.05, 0) is 36.6 Å². The van der Waals surface area contributed by atoms with Gasteiger partial charge in [0, 0.05) is 5.56 Å². The van der Waals surface area contributed by atoms with Gasteiger partial charge in [-0.25, -0.2) is 0 Å². The lowest BCUT2D eigenvalue weighted by molar-refractivity contribution is 0.112. The molecule has 0 heterocycles. The number of aldehydes is 1. The first-order chi connectivity index (χ1) is 8.13. The van der Waals surface area contributed by atoms with Crippen LogP contribution >= 0.6 is 0 Å². The minimum Gasteiger partial charge on any atom is -0.507 e. The normalized spacial score (nSPS) is 10.2. The molecule has 0 fully saturated rings. The largest absolute Gasteiger partial charge is 0.507 e. The number of hydrogen-bond acceptors (Lipinski definition) is 2. The Morgan fingerprint density at radius 2 is 1.82 bits per heavy atom. The molecule has 1 N–H and O–H groups in total. The number of aryl methyl sites for hydroxylation is 2. The Morgan fingerprint density at radius 1 is 1.06 bits per heavy atom. The van der Waals surface area contributed by atoms with Gasteiger partial charge in [0.2, 0.25) is 0 Å². The van der Waals surface area contributed by atoms with E-state index in [0.717, 1.165) is 5.56 Å². The van der Waals surface area contributed by atoms with Gasteiger partial charge in [0.15, 0.2) is 6.29 Å². The van der Waals surface area contributed by atoms with Gasteiger partial charge in [0.25, 0.3) is 0 Å². The standard InChI is InChI=1S/C15H14O2/c1-10-6-7-12(8-11(10)2)14-5-3-4-13(9-16)15(14)17/h3-9,17H,1-2H3. The topological polar surface area (TPSA) is 37.3 Å². The van der Waals surface area contributed by atoms with Crippen LogP contribution in [0.1, 0.15) is 21.5 Å². The van der Waals surface area contributed by atoms with Crippen molar-refractivity contribution < 1.29 is 9.90 Å². The fourth-order valence-electron chi connectivity index (χ4n) is 1.80. The summed E-state index contributed by atoms with van der Waals surface area (Å²) in [6.07, 6.45) is 0.667. The van der Waals surface area contributed by atoms with E-state index in [1.54, 1.807) is 12.1 Å². The number of para-hydroxylation sites is 1. The van der Waals surface area contributed by atoms with Crippen LogP contribution in [0.5, 0.6) is 5.75 Å². The van der Waals surface area contributed by atoms with E-state index < -0.39 is 0 Å². The Labute approximate surface area is 101 Å². The molecular formula is C15H14O2. The van der Waals surface area contributed by atoms with Crippen LogP contribution in [0.4, 0.5) is 0 Å². The molecule has 86 valence electrons. The highest BCUT2D eigenvalue weighted by Crippen LogP contribution is 2.32. The Bertz CT molecular complexity index is 571. The highest BCUT2D eigenvalue weighted by molar-refractivity contribution is 5.85.